The second-order valence-corrected chi connectivity index (χ2v) is 4.15. The van der Waals surface area contributed by atoms with Gasteiger partial charge < -0.3 is 15.3 Å². The predicted molar refractivity (Wildman–Crippen MR) is 62.9 cm³/mol. The van der Waals surface area contributed by atoms with Gasteiger partial charge in [-0.3, -0.25) is 0 Å². The molecule has 90 valence electrons. The van der Waals surface area contributed by atoms with Crippen molar-refractivity contribution in [3.8, 4) is 5.75 Å². The Morgan fingerprint density at radius 1 is 1.31 bits per heavy atom. The van der Waals surface area contributed by atoms with E-state index in [2.05, 4.69) is 10.2 Å². The topological polar surface area (TPSA) is 35.5 Å². The van der Waals surface area contributed by atoms with Crippen molar-refractivity contribution in [2.24, 2.45) is 0 Å². The van der Waals surface area contributed by atoms with Crippen molar-refractivity contribution in [2.75, 3.05) is 27.2 Å². The van der Waals surface area contributed by atoms with Crippen molar-refractivity contribution >= 4 is 0 Å². The summed E-state index contributed by atoms with van der Waals surface area (Å²) in [6.45, 7) is 2.50. The number of aromatic hydroxyl groups is 1. The molecule has 2 N–H and O–H groups in total. The maximum Gasteiger partial charge on any atom is 0.127 e. The van der Waals surface area contributed by atoms with Crippen molar-refractivity contribution in [3.05, 3.63) is 29.6 Å². The molecule has 0 atom stereocenters. The second kappa shape index (κ2) is 6.45. The van der Waals surface area contributed by atoms with Crippen LogP contribution < -0.4 is 5.32 Å². The molecule has 0 radical (unpaired) electrons. The van der Waals surface area contributed by atoms with Crippen LogP contribution in [-0.4, -0.2) is 37.2 Å². The molecule has 0 bridgehead atoms. The summed E-state index contributed by atoms with van der Waals surface area (Å²) in [4.78, 5) is 2.12. The van der Waals surface area contributed by atoms with Crippen LogP contribution in [0, 0.1) is 5.82 Å². The number of hydrogen-bond donors (Lipinski definition) is 2. The van der Waals surface area contributed by atoms with E-state index in [1.54, 1.807) is 6.07 Å². The number of hydrogen-bond acceptors (Lipinski definition) is 3. The molecule has 4 heteroatoms. The van der Waals surface area contributed by atoms with E-state index in [9.17, 15) is 9.50 Å². The van der Waals surface area contributed by atoms with Crippen LogP contribution in [0.5, 0.6) is 5.75 Å². The van der Waals surface area contributed by atoms with Crippen LogP contribution in [0.1, 0.15) is 12.0 Å². The summed E-state index contributed by atoms with van der Waals surface area (Å²) in [5.74, 6) is -0.421. The molecule has 1 rings (SSSR count). The van der Waals surface area contributed by atoms with Gasteiger partial charge in [0.2, 0.25) is 0 Å². The fraction of sp³-hybridized carbons (Fsp3) is 0.500. The van der Waals surface area contributed by atoms with Crippen LogP contribution in [-0.2, 0) is 6.54 Å². The Balaban J connectivity index is 2.26. The third-order valence-corrected chi connectivity index (χ3v) is 2.23. The second-order valence-electron chi connectivity index (χ2n) is 4.15. The highest BCUT2D eigenvalue weighted by Gasteiger charge is 1.99. The first kappa shape index (κ1) is 12.9. The van der Waals surface area contributed by atoms with Gasteiger partial charge in [0.1, 0.15) is 11.6 Å². The lowest BCUT2D eigenvalue weighted by Gasteiger charge is -2.10. The van der Waals surface area contributed by atoms with Gasteiger partial charge in [-0.15, -0.1) is 0 Å². The zero-order chi connectivity index (χ0) is 12.0. The number of benzene rings is 1. The minimum Gasteiger partial charge on any atom is -0.508 e. The summed E-state index contributed by atoms with van der Waals surface area (Å²) >= 11 is 0. The van der Waals surface area contributed by atoms with E-state index < -0.39 is 5.82 Å². The molecule has 0 heterocycles. The summed E-state index contributed by atoms with van der Waals surface area (Å²) < 4.78 is 12.9. The van der Waals surface area contributed by atoms with E-state index >= 15 is 0 Å². The van der Waals surface area contributed by atoms with Gasteiger partial charge in [0.25, 0.3) is 0 Å². The summed E-state index contributed by atoms with van der Waals surface area (Å²) in [7, 11) is 4.06. The first-order valence-electron chi connectivity index (χ1n) is 5.42. The largest absolute Gasteiger partial charge is 0.508 e. The maximum absolute atomic E-state index is 12.9. The molecular formula is C12H19FN2O. The van der Waals surface area contributed by atoms with Crippen molar-refractivity contribution < 1.29 is 9.50 Å². The zero-order valence-corrected chi connectivity index (χ0v) is 9.83. The van der Waals surface area contributed by atoms with Gasteiger partial charge in [0.05, 0.1) is 0 Å². The van der Waals surface area contributed by atoms with Gasteiger partial charge >= 0.3 is 0 Å². The Morgan fingerprint density at radius 3 is 2.69 bits per heavy atom. The first-order chi connectivity index (χ1) is 7.58. The Bertz CT molecular complexity index is 309. The molecule has 0 aliphatic heterocycles. The summed E-state index contributed by atoms with van der Waals surface area (Å²) in [6.07, 6.45) is 1.05. The smallest absolute Gasteiger partial charge is 0.127 e. The maximum atomic E-state index is 12.9. The van der Waals surface area contributed by atoms with Crippen molar-refractivity contribution in [3.63, 3.8) is 0 Å². The van der Waals surface area contributed by atoms with Crippen LogP contribution in [0.25, 0.3) is 0 Å². The first-order valence-corrected chi connectivity index (χ1v) is 5.42. The van der Waals surface area contributed by atoms with E-state index in [1.165, 1.54) is 6.07 Å². The van der Waals surface area contributed by atoms with Crippen molar-refractivity contribution in [1.29, 1.82) is 0 Å². The molecule has 0 amide bonds. The van der Waals surface area contributed by atoms with Crippen LogP contribution in [0.2, 0.25) is 0 Å². The van der Waals surface area contributed by atoms with Crippen LogP contribution >= 0.6 is 0 Å². The molecule has 0 aliphatic rings. The fourth-order valence-corrected chi connectivity index (χ4v) is 1.49. The number of nitrogens with one attached hydrogen (secondary N) is 1. The Hall–Kier alpha value is -1.13. The molecule has 0 fully saturated rings. The van der Waals surface area contributed by atoms with Crippen LogP contribution in [0.4, 0.5) is 4.39 Å². The molecule has 0 aliphatic carbocycles. The number of halogens is 1. The Labute approximate surface area is 95.9 Å². The number of phenolic OH excluding ortho intramolecular Hbond substituents is 1. The fourth-order valence-electron chi connectivity index (χ4n) is 1.49. The number of nitrogens with zero attached hydrogens (tertiary/aromatic N) is 1. The number of phenols is 1. The average molecular weight is 226 g/mol. The van der Waals surface area contributed by atoms with Crippen molar-refractivity contribution in [1.82, 2.24) is 10.2 Å². The zero-order valence-electron chi connectivity index (χ0n) is 9.83. The van der Waals surface area contributed by atoms with E-state index in [1.807, 2.05) is 14.1 Å². The summed E-state index contributed by atoms with van der Waals surface area (Å²) in [5.41, 5.74) is 0.766. The quantitative estimate of drug-likeness (QED) is 0.723. The lowest BCUT2D eigenvalue weighted by atomic mass is 10.2. The lowest BCUT2D eigenvalue weighted by molar-refractivity contribution is 0.394. The highest BCUT2D eigenvalue weighted by molar-refractivity contribution is 5.28. The van der Waals surface area contributed by atoms with E-state index in [0.717, 1.165) is 31.1 Å². The lowest BCUT2D eigenvalue weighted by Crippen LogP contribution is -2.21. The molecule has 16 heavy (non-hydrogen) atoms. The van der Waals surface area contributed by atoms with Gasteiger partial charge in [-0.25, -0.2) is 4.39 Å². The van der Waals surface area contributed by atoms with Crippen molar-refractivity contribution in [2.45, 2.75) is 13.0 Å². The Morgan fingerprint density at radius 2 is 2.06 bits per heavy atom. The molecule has 0 aromatic heterocycles. The highest BCUT2D eigenvalue weighted by atomic mass is 19.1. The molecular weight excluding hydrogens is 207 g/mol. The van der Waals surface area contributed by atoms with Gasteiger partial charge in [-0.1, -0.05) is 0 Å². The van der Waals surface area contributed by atoms with Crippen LogP contribution in [0.3, 0.4) is 0 Å². The minimum absolute atomic E-state index is 0.0231. The third kappa shape index (κ3) is 5.09. The molecule has 0 saturated carbocycles. The standard InChI is InChI=1S/C12H19FN2O/c1-15(2)5-3-4-14-9-10-6-11(13)8-12(16)7-10/h6-8,14,16H,3-5,9H2,1-2H3. The molecule has 0 spiro atoms. The van der Waals surface area contributed by atoms with E-state index in [-0.39, 0.29) is 5.75 Å². The Kier molecular flexibility index (Phi) is 5.22. The molecule has 1 aromatic carbocycles. The molecule has 1 aromatic rings. The van der Waals surface area contributed by atoms with Gasteiger partial charge in [0, 0.05) is 12.6 Å². The van der Waals surface area contributed by atoms with Gasteiger partial charge in [-0.2, -0.15) is 0 Å². The summed E-state index contributed by atoms with van der Waals surface area (Å²) in [6, 6.07) is 4.11. The molecule has 0 saturated heterocycles. The minimum atomic E-state index is -0.398. The van der Waals surface area contributed by atoms with Gasteiger partial charge in [-0.05, 0) is 51.3 Å². The summed E-state index contributed by atoms with van der Waals surface area (Å²) in [5, 5.41) is 12.4. The third-order valence-electron chi connectivity index (χ3n) is 2.23. The van der Waals surface area contributed by atoms with Crippen LogP contribution in [0.15, 0.2) is 18.2 Å². The normalized spacial score (nSPS) is 11.0. The van der Waals surface area contributed by atoms with E-state index in [0.29, 0.717) is 6.54 Å². The van der Waals surface area contributed by atoms with Gasteiger partial charge in [0.15, 0.2) is 0 Å². The molecule has 3 nitrogen and oxygen atoms in total. The van der Waals surface area contributed by atoms with E-state index in [4.69, 9.17) is 0 Å². The monoisotopic (exact) mass is 226 g/mol. The number of rotatable bonds is 6. The predicted octanol–water partition coefficient (Wildman–Crippen LogP) is 1.57. The highest BCUT2D eigenvalue weighted by Crippen LogP contribution is 2.14. The SMILES string of the molecule is CN(C)CCCNCc1cc(O)cc(F)c1. The average Bonchev–Trinajstić information content (AvgIpc) is 2.15. The molecule has 0 unspecified atom stereocenters.